The van der Waals surface area contributed by atoms with Gasteiger partial charge in [-0.25, -0.2) is 4.39 Å². The summed E-state index contributed by atoms with van der Waals surface area (Å²) in [6, 6.07) is 12.3. The van der Waals surface area contributed by atoms with E-state index in [0.29, 0.717) is 10.6 Å². The third-order valence-corrected chi connectivity index (χ3v) is 4.30. The van der Waals surface area contributed by atoms with Crippen molar-refractivity contribution in [1.82, 2.24) is 4.98 Å². The zero-order valence-electron chi connectivity index (χ0n) is 11.8. The van der Waals surface area contributed by atoms with Gasteiger partial charge in [0, 0.05) is 21.6 Å². The Morgan fingerprint density at radius 2 is 2.00 bits per heavy atom. The van der Waals surface area contributed by atoms with E-state index in [0.717, 1.165) is 21.1 Å². The number of nitrogens with zero attached hydrogens (tertiary/aromatic N) is 1. The fourth-order valence-electron chi connectivity index (χ4n) is 2.41. The monoisotopic (exact) mass is 378 g/mol. The highest BCUT2D eigenvalue weighted by atomic mass is 79.9. The summed E-state index contributed by atoms with van der Waals surface area (Å²) in [7, 11) is 0. The minimum absolute atomic E-state index is 0.219. The van der Waals surface area contributed by atoms with E-state index in [2.05, 4.69) is 26.2 Å². The van der Waals surface area contributed by atoms with Crippen LogP contribution < -0.4 is 5.32 Å². The van der Waals surface area contributed by atoms with Gasteiger partial charge in [0.2, 0.25) is 0 Å². The van der Waals surface area contributed by atoms with Crippen LogP contribution >= 0.6 is 27.5 Å². The third-order valence-electron chi connectivity index (χ3n) is 3.52. The molecule has 1 aromatic heterocycles. The summed E-state index contributed by atoms with van der Waals surface area (Å²) in [6.45, 7) is 1.90. The van der Waals surface area contributed by atoms with Crippen LogP contribution in [0.4, 0.5) is 10.1 Å². The number of rotatable bonds is 3. The number of benzene rings is 2. The normalized spacial score (nSPS) is 12.4. The molecule has 2 aromatic carbocycles. The summed E-state index contributed by atoms with van der Waals surface area (Å²) >= 11 is 9.75. The first-order valence-corrected chi connectivity index (χ1v) is 7.98. The third kappa shape index (κ3) is 2.94. The average Bonchev–Trinajstić information content (AvgIpc) is 2.50. The molecule has 0 spiro atoms. The molecule has 1 atom stereocenters. The standard InChI is InChI=1S/C17H13BrClFN2/c1-10(12-4-2-3-5-15(12)20)22-17-13-8-11(18)6-7-16(13)21-9-14(17)19/h2-10H,1H3,(H,21,22). The molecule has 0 saturated heterocycles. The van der Waals surface area contributed by atoms with Gasteiger partial charge in [0.15, 0.2) is 0 Å². The van der Waals surface area contributed by atoms with Crippen molar-refractivity contribution < 1.29 is 4.39 Å². The molecule has 0 fully saturated rings. The van der Waals surface area contributed by atoms with E-state index in [1.165, 1.54) is 6.07 Å². The van der Waals surface area contributed by atoms with E-state index < -0.39 is 0 Å². The van der Waals surface area contributed by atoms with E-state index in [1.807, 2.05) is 31.2 Å². The Kier molecular flexibility index (Phi) is 4.32. The fourth-order valence-corrected chi connectivity index (χ4v) is 2.97. The van der Waals surface area contributed by atoms with Crippen molar-refractivity contribution in [3.05, 3.63) is 69.5 Å². The van der Waals surface area contributed by atoms with Gasteiger partial charge in [-0.05, 0) is 31.2 Å². The first-order chi connectivity index (χ1) is 10.6. The molecule has 0 aliphatic heterocycles. The van der Waals surface area contributed by atoms with Crippen LogP contribution in [-0.2, 0) is 0 Å². The zero-order chi connectivity index (χ0) is 15.7. The van der Waals surface area contributed by atoms with Gasteiger partial charge < -0.3 is 5.32 Å². The topological polar surface area (TPSA) is 24.9 Å². The Morgan fingerprint density at radius 3 is 2.77 bits per heavy atom. The Balaban J connectivity index is 2.05. The molecule has 112 valence electrons. The predicted molar refractivity (Wildman–Crippen MR) is 92.9 cm³/mol. The van der Waals surface area contributed by atoms with Gasteiger partial charge in [-0.15, -0.1) is 0 Å². The molecule has 0 saturated carbocycles. The molecule has 0 amide bonds. The molecule has 1 unspecified atom stereocenters. The average molecular weight is 380 g/mol. The van der Waals surface area contributed by atoms with Crippen molar-refractivity contribution in [2.45, 2.75) is 13.0 Å². The summed E-state index contributed by atoms with van der Waals surface area (Å²) in [4.78, 5) is 4.31. The Labute approximate surface area is 141 Å². The van der Waals surface area contributed by atoms with Crippen molar-refractivity contribution in [3.8, 4) is 0 Å². The van der Waals surface area contributed by atoms with E-state index in [4.69, 9.17) is 11.6 Å². The van der Waals surface area contributed by atoms with Crippen LogP contribution in [0.2, 0.25) is 5.02 Å². The van der Waals surface area contributed by atoms with Crippen molar-refractivity contribution in [2.24, 2.45) is 0 Å². The van der Waals surface area contributed by atoms with Crippen molar-refractivity contribution >= 4 is 44.1 Å². The number of nitrogens with one attached hydrogen (secondary N) is 1. The molecule has 3 aromatic rings. The maximum absolute atomic E-state index is 13.9. The summed E-state index contributed by atoms with van der Waals surface area (Å²) in [5.74, 6) is -0.238. The Morgan fingerprint density at radius 1 is 1.23 bits per heavy atom. The Bertz CT molecular complexity index is 833. The maximum Gasteiger partial charge on any atom is 0.128 e. The number of fused-ring (bicyclic) bond motifs is 1. The lowest BCUT2D eigenvalue weighted by molar-refractivity contribution is 0.600. The highest BCUT2D eigenvalue weighted by Gasteiger charge is 2.14. The Hall–Kier alpha value is -1.65. The first-order valence-electron chi connectivity index (χ1n) is 6.81. The molecule has 0 radical (unpaired) electrons. The minimum Gasteiger partial charge on any atom is -0.377 e. The predicted octanol–water partition coefficient (Wildman–Crippen LogP) is 5.96. The van der Waals surface area contributed by atoms with Crippen molar-refractivity contribution in [3.63, 3.8) is 0 Å². The van der Waals surface area contributed by atoms with Gasteiger partial charge in [0.1, 0.15) is 5.82 Å². The van der Waals surface area contributed by atoms with Crippen LogP contribution in [0.1, 0.15) is 18.5 Å². The number of hydrogen-bond acceptors (Lipinski definition) is 2. The van der Waals surface area contributed by atoms with Crippen LogP contribution in [-0.4, -0.2) is 4.98 Å². The second kappa shape index (κ2) is 6.23. The molecule has 1 heterocycles. The highest BCUT2D eigenvalue weighted by Crippen LogP contribution is 2.34. The zero-order valence-corrected chi connectivity index (χ0v) is 14.1. The molecule has 2 nitrogen and oxygen atoms in total. The molecule has 3 rings (SSSR count). The maximum atomic E-state index is 13.9. The molecular weight excluding hydrogens is 367 g/mol. The van der Waals surface area contributed by atoms with E-state index in [9.17, 15) is 4.39 Å². The molecule has 0 aliphatic carbocycles. The van der Waals surface area contributed by atoms with Gasteiger partial charge in [-0.2, -0.15) is 0 Å². The van der Waals surface area contributed by atoms with Crippen LogP contribution in [0.3, 0.4) is 0 Å². The number of anilines is 1. The second-order valence-electron chi connectivity index (χ2n) is 5.03. The second-order valence-corrected chi connectivity index (χ2v) is 6.35. The number of hydrogen-bond donors (Lipinski definition) is 1. The van der Waals surface area contributed by atoms with Gasteiger partial charge in [0.25, 0.3) is 0 Å². The molecule has 5 heteroatoms. The van der Waals surface area contributed by atoms with Crippen LogP contribution in [0.5, 0.6) is 0 Å². The first kappa shape index (κ1) is 15.3. The fraction of sp³-hybridized carbons (Fsp3) is 0.118. The lowest BCUT2D eigenvalue weighted by atomic mass is 10.1. The minimum atomic E-state index is -0.238. The lowest BCUT2D eigenvalue weighted by Crippen LogP contribution is -2.09. The lowest BCUT2D eigenvalue weighted by Gasteiger charge is -2.19. The molecule has 0 aliphatic rings. The van der Waals surface area contributed by atoms with Gasteiger partial charge in [-0.3, -0.25) is 4.98 Å². The molecular formula is C17H13BrClFN2. The van der Waals surface area contributed by atoms with Crippen LogP contribution in [0.15, 0.2) is 53.1 Å². The van der Waals surface area contributed by atoms with E-state index in [-0.39, 0.29) is 11.9 Å². The molecule has 1 N–H and O–H groups in total. The summed E-state index contributed by atoms with van der Waals surface area (Å²) in [5, 5.41) is 4.71. The number of halogens is 3. The van der Waals surface area contributed by atoms with E-state index in [1.54, 1.807) is 18.3 Å². The van der Waals surface area contributed by atoms with E-state index >= 15 is 0 Å². The van der Waals surface area contributed by atoms with Gasteiger partial charge >= 0.3 is 0 Å². The van der Waals surface area contributed by atoms with Gasteiger partial charge in [0.05, 0.1) is 22.3 Å². The van der Waals surface area contributed by atoms with Crippen LogP contribution in [0.25, 0.3) is 10.9 Å². The quantitative estimate of drug-likeness (QED) is 0.607. The van der Waals surface area contributed by atoms with Crippen LogP contribution in [0, 0.1) is 5.82 Å². The molecule has 22 heavy (non-hydrogen) atoms. The van der Waals surface area contributed by atoms with Crippen molar-refractivity contribution in [1.29, 1.82) is 0 Å². The van der Waals surface area contributed by atoms with Crippen molar-refractivity contribution in [2.75, 3.05) is 5.32 Å². The largest absolute Gasteiger partial charge is 0.377 e. The summed E-state index contributed by atoms with van der Waals surface area (Å²) in [5.41, 5.74) is 2.18. The highest BCUT2D eigenvalue weighted by molar-refractivity contribution is 9.10. The summed E-state index contributed by atoms with van der Waals surface area (Å²) < 4.78 is 14.9. The SMILES string of the molecule is CC(Nc1c(Cl)cnc2ccc(Br)cc12)c1ccccc1F. The molecule has 0 bridgehead atoms. The van der Waals surface area contributed by atoms with Gasteiger partial charge in [-0.1, -0.05) is 45.7 Å². The number of pyridine rings is 1. The smallest absolute Gasteiger partial charge is 0.128 e. The summed E-state index contributed by atoms with van der Waals surface area (Å²) in [6.07, 6.45) is 1.61. The number of aromatic nitrogens is 1.